The highest BCUT2D eigenvalue weighted by atomic mass is 32.1. The van der Waals surface area contributed by atoms with E-state index >= 15 is 0 Å². The molecule has 5 aromatic rings. The van der Waals surface area contributed by atoms with Crippen molar-refractivity contribution in [3.63, 3.8) is 0 Å². The SMILES string of the molecule is COC(=O)N[C@H](C(=O)N1CCC[C@H]1c1ncc(-c2ccc(-c3ccc(-c4cnc([C@@H]5CCCN5C(=O)[C@@H](NC(=O)OC)C(C)C)[nH]4)c4sc(C)cc34)cc2)[nH]1)C(C)C. The molecule has 3 aromatic heterocycles. The third-order valence-corrected chi connectivity index (χ3v) is 12.4. The maximum Gasteiger partial charge on any atom is 0.407 e. The first kappa shape index (κ1) is 40.5. The summed E-state index contributed by atoms with van der Waals surface area (Å²) >= 11 is 1.74. The molecular weight excluding hydrogens is 757 g/mol. The van der Waals surface area contributed by atoms with E-state index < -0.39 is 24.3 Å². The minimum atomic E-state index is -0.697. The fourth-order valence-corrected chi connectivity index (χ4v) is 9.29. The molecule has 0 spiro atoms. The molecule has 2 saturated heterocycles. The normalized spacial score (nSPS) is 17.9. The number of aromatic amines is 2. The molecule has 2 aliphatic rings. The molecule has 58 heavy (non-hydrogen) atoms. The van der Waals surface area contributed by atoms with E-state index in [2.05, 4.69) is 70.0 Å². The highest BCUT2D eigenvalue weighted by Crippen LogP contribution is 2.41. The van der Waals surface area contributed by atoms with Crippen LogP contribution in [0.2, 0.25) is 0 Å². The molecule has 15 heteroatoms. The molecule has 5 heterocycles. The summed E-state index contributed by atoms with van der Waals surface area (Å²) in [5.41, 5.74) is 5.96. The molecular formula is C43H52N8O6S. The number of alkyl carbamates (subject to hydrolysis) is 2. The van der Waals surface area contributed by atoms with Crippen LogP contribution in [0, 0.1) is 18.8 Å². The molecule has 7 rings (SSSR count). The number of hydrogen-bond donors (Lipinski definition) is 4. The van der Waals surface area contributed by atoms with Crippen molar-refractivity contribution in [3.05, 3.63) is 71.4 Å². The summed E-state index contributed by atoms with van der Waals surface area (Å²) < 4.78 is 10.7. The smallest absolute Gasteiger partial charge is 0.407 e. The number of imidazole rings is 2. The number of rotatable bonds is 11. The van der Waals surface area contributed by atoms with E-state index in [1.807, 2.05) is 49.9 Å². The molecule has 306 valence electrons. The van der Waals surface area contributed by atoms with Crippen LogP contribution in [0.5, 0.6) is 0 Å². The Kier molecular flexibility index (Phi) is 11.9. The van der Waals surface area contributed by atoms with Gasteiger partial charge in [-0.05, 0) is 67.2 Å². The molecule has 0 unspecified atom stereocenters. The Balaban J connectivity index is 1.09. The number of nitrogens with one attached hydrogen (secondary N) is 4. The number of fused-ring (bicyclic) bond motifs is 1. The van der Waals surface area contributed by atoms with Gasteiger partial charge in [-0.1, -0.05) is 64.1 Å². The molecule has 4 N–H and O–H groups in total. The lowest BCUT2D eigenvalue weighted by Crippen LogP contribution is -2.51. The van der Waals surface area contributed by atoms with Crippen molar-refractivity contribution >= 4 is 45.4 Å². The number of methoxy groups -OCH3 is 2. The highest BCUT2D eigenvalue weighted by molar-refractivity contribution is 7.19. The van der Waals surface area contributed by atoms with Gasteiger partial charge in [-0.3, -0.25) is 9.59 Å². The zero-order chi connectivity index (χ0) is 41.2. The molecule has 2 aliphatic heterocycles. The van der Waals surface area contributed by atoms with Crippen LogP contribution in [0.25, 0.3) is 43.7 Å². The average molecular weight is 809 g/mol. The monoisotopic (exact) mass is 808 g/mol. The van der Waals surface area contributed by atoms with Gasteiger partial charge in [0.05, 0.1) is 50.1 Å². The zero-order valence-electron chi connectivity index (χ0n) is 34.0. The molecule has 0 aliphatic carbocycles. The molecule has 0 radical (unpaired) electrons. The molecule has 2 aromatic carbocycles. The van der Waals surface area contributed by atoms with Crippen LogP contribution in [0.4, 0.5) is 9.59 Å². The Labute approximate surface area is 342 Å². The van der Waals surface area contributed by atoms with Gasteiger partial charge in [-0.15, -0.1) is 11.3 Å². The molecule has 0 saturated carbocycles. The van der Waals surface area contributed by atoms with E-state index in [0.29, 0.717) is 13.1 Å². The number of thiophene rings is 1. The lowest BCUT2D eigenvalue weighted by Gasteiger charge is -2.30. The Morgan fingerprint density at radius 3 is 1.72 bits per heavy atom. The number of aryl methyl sites for hydroxylation is 1. The van der Waals surface area contributed by atoms with Gasteiger partial charge in [0.15, 0.2) is 0 Å². The number of nitrogens with zero attached hydrogens (tertiary/aromatic N) is 4. The standard InChI is InChI=1S/C43H52N8O6S/c1-23(2)35(48-42(54)56-6)40(52)50-18-8-10-33(50)38-44-21-31(46-38)27-14-12-26(13-15-27)28-16-17-29(37-30(28)20-25(5)58-37)32-22-45-39(47-32)34-11-9-19-51(34)41(53)36(24(3)4)49-43(55)57-7/h12-17,20-24,33-36H,8-11,18-19H2,1-7H3,(H,44,46)(H,45,47)(H,48,54)(H,49,55)/t33-,34-,35-,36-/m0/s1. The maximum absolute atomic E-state index is 13.7. The topological polar surface area (TPSA) is 175 Å². The number of ether oxygens (including phenoxy) is 2. The minimum Gasteiger partial charge on any atom is -0.453 e. The first-order chi connectivity index (χ1) is 27.9. The number of H-pyrrole nitrogens is 2. The van der Waals surface area contributed by atoms with Crippen molar-refractivity contribution < 1.29 is 28.7 Å². The number of benzene rings is 2. The number of carbonyl (C=O) groups is 4. The van der Waals surface area contributed by atoms with Crippen LogP contribution in [0.3, 0.4) is 0 Å². The third-order valence-electron chi connectivity index (χ3n) is 11.3. The fraction of sp³-hybridized carbons (Fsp3) is 0.442. The van der Waals surface area contributed by atoms with Gasteiger partial charge in [-0.25, -0.2) is 19.6 Å². The number of likely N-dealkylation sites (tertiary alicyclic amines) is 2. The summed E-state index contributed by atoms with van der Waals surface area (Å²) in [6, 6.07) is 13.1. The van der Waals surface area contributed by atoms with Crippen LogP contribution in [0.1, 0.15) is 82.0 Å². The van der Waals surface area contributed by atoms with E-state index in [1.165, 1.54) is 19.1 Å². The zero-order valence-corrected chi connectivity index (χ0v) is 34.9. The number of aromatic nitrogens is 4. The highest BCUT2D eigenvalue weighted by Gasteiger charge is 2.39. The van der Waals surface area contributed by atoms with Crippen molar-refractivity contribution in [1.82, 2.24) is 40.4 Å². The van der Waals surface area contributed by atoms with Gasteiger partial charge in [0.1, 0.15) is 23.7 Å². The lowest BCUT2D eigenvalue weighted by atomic mass is 9.97. The van der Waals surface area contributed by atoms with Crippen LogP contribution in [-0.2, 0) is 19.1 Å². The lowest BCUT2D eigenvalue weighted by molar-refractivity contribution is -0.136. The van der Waals surface area contributed by atoms with Gasteiger partial charge < -0.3 is 39.9 Å². The van der Waals surface area contributed by atoms with Crippen LogP contribution in [-0.4, -0.2) is 93.1 Å². The van der Waals surface area contributed by atoms with E-state index in [-0.39, 0.29) is 35.7 Å². The molecule has 2 fully saturated rings. The molecule has 4 amide bonds. The molecule has 4 atom stereocenters. The Morgan fingerprint density at radius 2 is 1.21 bits per heavy atom. The van der Waals surface area contributed by atoms with Crippen molar-refractivity contribution in [3.8, 4) is 33.6 Å². The van der Waals surface area contributed by atoms with Crippen molar-refractivity contribution in [2.45, 2.75) is 84.5 Å². The predicted molar refractivity (Wildman–Crippen MR) is 223 cm³/mol. The van der Waals surface area contributed by atoms with E-state index in [1.54, 1.807) is 11.3 Å². The van der Waals surface area contributed by atoms with E-state index in [4.69, 9.17) is 19.4 Å². The second kappa shape index (κ2) is 17.0. The average Bonchev–Trinajstić information content (AvgIpc) is 4.06. The largest absolute Gasteiger partial charge is 0.453 e. The maximum atomic E-state index is 13.7. The van der Waals surface area contributed by atoms with Crippen LogP contribution < -0.4 is 10.6 Å². The third kappa shape index (κ3) is 8.04. The fourth-order valence-electron chi connectivity index (χ4n) is 8.22. The Bertz CT molecular complexity index is 2290. The van der Waals surface area contributed by atoms with E-state index in [9.17, 15) is 19.2 Å². The van der Waals surface area contributed by atoms with Gasteiger partial charge >= 0.3 is 12.2 Å². The van der Waals surface area contributed by atoms with Gasteiger partial charge in [-0.2, -0.15) is 0 Å². The second-order valence-electron chi connectivity index (χ2n) is 15.8. The molecule has 0 bridgehead atoms. The van der Waals surface area contributed by atoms with E-state index in [0.717, 1.165) is 81.1 Å². The Hall–Kier alpha value is -5.70. The summed E-state index contributed by atoms with van der Waals surface area (Å²) in [5.74, 6) is 0.949. The number of carbonyl (C=O) groups excluding carboxylic acids is 4. The minimum absolute atomic E-state index is 0.109. The van der Waals surface area contributed by atoms with Gasteiger partial charge in [0, 0.05) is 33.6 Å². The number of hydrogen-bond acceptors (Lipinski definition) is 9. The van der Waals surface area contributed by atoms with Gasteiger partial charge in [0.2, 0.25) is 11.8 Å². The Morgan fingerprint density at radius 1 is 0.724 bits per heavy atom. The summed E-state index contributed by atoms with van der Waals surface area (Å²) in [6.45, 7) is 10.9. The predicted octanol–water partition coefficient (Wildman–Crippen LogP) is 7.75. The first-order valence-corrected chi connectivity index (χ1v) is 20.7. The van der Waals surface area contributed by atoms with Gasteiger partial charge in [0.25, 0.3) is 0 Å². The van der Waals surface area contributed by atoms with Crippen molar-refractivity contribution in [2.75, 3.05) is 27.3 Å². The molecule has 14 nitrogen and oxygen atoms in total. The quantitative estimate of drug-likeness (QED) is 0.105. The second-order valence-corrected chi connectivity index (χ2v) is 17.1. The summed E-state index contributed by atoms with van der Waals surface area (Å²) in [5, 5.41) is 6.56. The van der Waals surface area contributed by atoms with Crippen LogP contribution >= 0.6 is 11.3 Å². The van der Waals surface area contributed by atoms with Crippen molar-refractivity contribution in [2.24, 2.45) is 11.8 Å². The first-order valence-electron chi connectivity index (χ1n) is 19.9. The van der Waals surface area contributed by atoms with Crippen molar-refractivity contribution in [1.29, 1.82) is 0 Å². The summed E-state index contributed by atoms with van der Waals surface area (Å²) in [6.07, 6.45) is 5.65. The summed E-state index contributed by atoms with van der Waals surface area (Å²) in [7, 11) is 2.59. The van der Waals surface area contributed by atoms with Crippen LogP contribution in [0.15, 0.2) is 54.9 Å². The number of amides is 4. The summed E-state index contributed by atoms with van der Waals surface area (Å²) in [4.78, 5) is 72.7.